The number of carbonyl (C=O) groups excluding carboxylic acids is 3. The number of aromatic nitrogens is 2. The zero-order valence-electron chi connectivity index (χ0n) is 13.8. The molecule has 1 rings (SSSR count). The molecule has 0 saturated carbocycles. The lowest BCUT2D eigenvalue weighted by molar-refractivity contribution is -0.155. The van der Waals surface area contributed by atoms with Crippen molar-refractivity contribution in [2.45, 2.75) is 51.7 Å². The van der Waals surface area contributed by atoms with Gasteiger partial charge in [-0.1, -0.05) is 0 Å². The van der Waals surface area contributed by atoms with Crippen molar-refractivity contribution in [1.29, 1.82) is 0 Å². The summed E-state index contributed by atoms with van der Waals surface area (Å²) in [5.41, 5.74) is 0.0933. The lowest BCUT2D eigenvalue weighted by Crippen LogP contribution is -2.43. The Kier molecular flexibility index (Phi) is 6.74. The highest BCUT2D eigenvalue weighted by molar-refractivity contribution is 5.86. The maximum atomic E-state index is 11.9. The molecule has 8 nitrogen and oxygen atoms in total. The van der Waals surface area contributed by atoms with Gasteiger partial charge in [0.15, 0.2) is 0 Å². The number of H-pyrrole nitrogens is 1. The minimum absolute atomic E-state index is 0.0545. The molecular weight excluding hydrogens is 302 g/mol. The van der Waals surface area contributed by atoms with E-state index in [1.165, 1.54) is 13.4 Å². The molecule has 0 bridgehead atoms. The van der Waals surface area contributed by atoms with Crippen LogP contribution < -0.4 is 5.32 Å². The topological polar surface area (TPSA) is 110 Å². The van der Waals surface area contributed by atoms with Crippen LogP contribution in [0.25, 0.3) is 0 Å². The van der Waals surface area contributed by atoms with Gasteiger partial charge in [0.25, 0.3) is 0 Å². The van der Waals surface area contributed by atoms with E-state index in [0.29, 0.717) is 5.69 Å². The molecule has 0 aliphatic heterocycles. The van der Waals surface area contributed by atoms with Crippen LogP contribution in [0.4, 0.5) is 0 Å². The summed E-state index contributed by atoms with van der Waals surface area (Å²) in [4.78, 5) is 41.9. The molecule has 0 aliphatic carbocycles. The first-order valence-corrected chi connectivity index (χ1v) is 7.27. The number of ether oxygens (including phenoxy) is 2. The summed E-state index contributed by atoms with van der Waals surface area (Å²) in [5, 5.41) is 2.56. The summed E-state index contributed by atoms with van der Waals surface area (Å²) in [7, 11) is 1.25. The van der Waals surface area contributed by atoms with Crippen molar-refractivity contribution in [3.8, 4) is 0 Å². The third-order valence-electron chi connectivity index (χ3n) is 2.78. The molecular formula is C15H23N3O5. The van der Waals surface area contributed by atoms with E-state index in [4.69, 9.17) is 4.74 Å². The van der Waals surface area contributed by atoms with Crippen LogP contribution in [0.2, 0.25) is 0 Å². The van der Waals surface area contributed by atoms with Gasteiger partial charge < -0.3 is 19.8 Å². The molecule has 0 aliphatic rings. The molecule has 1 aromatic rings. The second-order valence-electron chi connectivity index (χ2n) is 6.01. The van der Waals surface area contributed by atoms with Crippen molar-refractivity contribution in [1.82, 2.24) is 15.3 Å². The highest BCUT2D eigenvalue weighted by Crippen LogP contribution is 2.09. The van der Waals surface area contributed by atoms with Crippen molar-refractivity contribution < 1.29 is 23.9 Å². The van der Waals surface area contributed by atoms with E-state index >= 15 is 0 Å². The summed E-state index contributed by atoms with van der Waals surface area (Å²) in [5.74, 6) is -1.45. The number of hydrogen-bond donors (Lipinski definition) is 2. The van der Waals surface area contributed by atoms with Crippen LogP contribution in [-0.4, -0.2) is 46.6 Å². The predicted octanol–water partition coefficient (Wildman–Crippen LogP) is 0.732. The van der Waals surface area contributed by atoms with Gasteiger partial charge in [0.2, 0.25) is 5.91 Å². The molecule has 0 unspecified atom stereocenters. The minimum atomic E-state index is -0.841. The van der Waals surface area contributed by atoms with E-state index in [1.54, 1.807) is 27.0 Å². The summed E-state index contributed by atoms with van der Waals surface area (Å²) >= 11 is 0. The number of nitrogens with one attached hydrogen (secondary N) is 2. The Hall–Kier alpha value is -2.38. The Balaban J connectivity index is 2.50. The Morgan fingerprint density at radius 1 is 1.30 bits per heavy atom. The number of imidazole rings is 1. The lowest BCUT2D eigenvalue weighted by atomic mass is 10.1. The van der Waals surface area contributed by atoms with Gasteiger partial charge >= 0.3 is 11.9 Å². The predicted molar refractivity (Wildman–Crippen MR) is 81.3 cm³/mol. The fourth-order valence-electron chi connectivity index (χ4n) is 1.83. The number of amides is 1. The number of aromatic amines is 1. The fraction of sp³-hybridized carbons (Fsp3) is 0.600. The Labute approximate surface area is 135 Å². The number of nitrogens with zero attached hydrogens (tertiary/aromatic N) is 1. The van der Waals surface area contributed by atoms with Crippen LogP contribution in [0.3, 0.4) is 0 Å². The SMILES string of the molecule is COC(=O)[C@H](Cc1cnc[nH]1)NC(=O)CCC(=O)OC(C)(C)C. The molecule has 128 valence electrons. The van der Waals surface area contributed by atoms with Crippen LogP contribution in [0.5, 0.6) is 0 Å². The monoisotopic (exact) mass is 325 g/mol. The molecule has 0 spiro atoms. The maximum Gasteiger partial charge on any atom is 0.328 e. The highest BCUT2D eigenvalue weighted by atomic mass is 16.6. The van der Waals surface area contributed by atoms with E-state index in [9.17, 15) is 14.4 Å². The van der Waals surface area contributed by atoms with Gasteiger partial charge in [-0.15, -0.1) is 0 Å². The third-order valence-corrected chi connectivity index (χ3v) is 2.78. The van der Waals surface area contributed by atoms with Gasteiger partial charge in [-0.25, -0.2) is 9.78 Å². The van der Waals surface area contributed by atoms with Crippen molar-refractivity contribution in [2.75, 3.05) is 7.11 Å². The molecule has 1 atom stereocenters. The number of rotatable bonds is 7. The molecule has 1 heterocycles. The van der Waals surface area contributed by atoms with E-state index in [-0.39, 0.29) is 19.3 Å². The Morgan fingerprint density at radius 2 is 2.00 bits per heavy atom. The number of methoxy groups -OCH3 is 1. The van der Waals surface area contributed by atoms with Gasteiger partial charge in [-0.3, -0.25) is 9.59 Å². The van der Waals surface area contributed by atoms with Crippen LogP contribution in [0.15, 0.2) is 12.5 Å². The molecule has 2 N–H and O–H groups in total. The molecule has 0 fully saturated rings. The van der Waals surface area contributed by atoms with E-state index in [2.05, 4.69) is 20.0 Å². The van der Waals surface area contributed by atoms with Crippen LogP contribution in [0, 0.1) is 0 Å². The zero-order valence-corrected chi connectivity index (χ0v) is 13.8. The Bertz CT molecular complexity index is 534. The standard InChI is InChI=1S/C15H23N3O5/c1-15(2,3)23-13(20)6-5-12(19)18-11(14(21)22-4)7-10-8-16-9-17-10/h8-9,11H,5-7H2,1-4H3,(H,16,17)(H,18,19)/t11-/m0/s1. The molecule has 1 aromatic heterocycles. The van der Waals surface area contributed by atoms with E-state index in [0.717, 1.165) is 0 Å². The van der Waals surface area contributed by atoms with Crippen molar-refractivity contribution in [2.24, 2.45) is 0 Å². The van der Waals surface area contributed by atoms with Gasteiger partial charge in [0.05, 0.1) is 19.9 Å². The van der Waals surface area contributed by atoms with E-state index in [1.807, 2.05) is 0 Å². The van der Waals surface area contributed by atoms with Gasteiger partial charge in [0, 0.05) is 24.7 Å². The molecule has 23 heavy (non-hydrogen) atoms. The summed E-state index contributed by atoms with van der Waals surface area (Å²) in [6.45, 7) is 5.26. The van der Waals surface area contributed by atoms with Gasteiger partial charge in [0.1, 0.15) is 11.6 Å². The minimum Gasteiger partial charge on any atom is -0.467 e. The highest BCUT2D eigenvalue weighted by Gasteiger charge is 2.23. The number of carbonyl (C=O) groups is 3. The van der Waals surface area contributed by atoms with Crippen molar-refractivity contribution in [3.05, 3.63) is 18.2 Å². The average molecular weight is 325 g/mol. The van der Waals surface area contributed by atoms with E-state index < -0.39 is 29.5 Å². The molecule has 0 saturated heterocycles. The molecule has 1 amide bonds. The van der Waals surface area contributed by atoms with Crippen LogP contribution >= 0.6 is 0 Å². The lowest BCUT2D eigenvalue weighted by Gasteiger charge is -2.19. The van der Waals surface area contributed by atoms with Crippen molar-refractivity contribution in [3.63, 3.8) is 0 Å². The first kappa shape index (κ1) is 18.7. The third kappa shape index (κ3) is 7.44. The fourth-order valence-corrected chi connectivity index (χ4v) is 1.83. The second kappa shape index (κ2) is 8.30. The Morgan fingerprint density at radius 3 is 2.52 bits per heavy atom. The summed E-state index contributed by atoms with van der Waals surface area (Å²) in [6.07, 6.45) is 3.15. The van der Waals surface area contributed by atoms with Gasteiger partial charge in [-0.2, -0.15) is 0 Å². The summed E-state index contributed by atoms with van der Waals surface area (Å²) in [6, 6.07) is -0.841. The van der Waals surface area contributed by atoms with Crippen LogP contribution in [0.1, 0.15) is 39.3 Å². The molecule has 0 radical (unpaired) electrons. The average Bonchev–Trinajstić information content (AvgIpc) is 2.94. The molecule has 0 aromatic carbocycles. The summed E-state index contributed by atoms with van der Waals surface area (Å²) < 4.78 is 9.80. The quantitative estimate of drug-likeness (QED) is 0.715. The normalized spacial score (nSPS) is 12.3. The maximum absolute atomic E-state index is 11.9. The largest absolute Gasteiger partial charge is 0.467 e. The van der Waals surface area contributed by atoms with Crippen LogP contribution in [-0.2, 0) is 30.3 Å². The number of esters is 2. The smallest absolute Gasteiger partial charge is 0.328 e. The number of hydrogen-bond acceptors (Lipinski definition) is 6. The first-order chi connectivity index (χ1) is 10.7. The van der Waals surface area contributed by atoms with Crippen molar-refractivity contribution >= 4 is 17.8 Å². The molecule has 8 heteroatoms. The first-order valence-electron chi connectivity index (χ1n) is 7.27. The zero-order chi connectivity index (χ0) is 17.5. The second-order valence-corrected chi connectivity index (χ2v) is 6.01. The van der Waals surface area contributed by atoms with Gasteiger partial charge in [-0.05, 0) is 20.8 Å².